The standard InChI is InChI=1S/C19H15ClN2O6/c1-27-13-6-4-12(5-7-13)22-18(25)17(24)21(19(22)26)10-15(23)11-3-8-16(28-2)14(20)9-11/h3-9H,10H2,1-2H3. The monoisotopic (exact) mass is 402 g/mol. The Kier molecular flexibility index (Phi) is 5.32. The summed E-state index contributed by atoms with van der Waals surface area (Å²) in [6.07, 6.45) is 0. The van der Waals surface area contributed by atoms with Gasteiger partial charge in [0, 0.05) is 5.56 Å². The number of methoxy groups -OCH3 is 2. The number of nitrogens with zero attached hydrogens (tertiary/aromatic N) is 2. The Labute approximate surface area is 165 Å². The number of ether oxygens (including phenoxy) is 2. The molecular weight excluding hydrogens is 388 g/mol. The van der Waals surface area contributed by atoms with Crippen LogP contribution in [0.2, 0.25) is 5.02 Å². The van der Waals surface area contributed by atoms with E-state index in [0.29, 0.717) is 16.4 Å². The van der Waals surface area contributed by atoms with Crippen molar-refractivity contribution in [1.82, 2.24) is 4.90 Å². The van der Waals surface area contributed by atoms with Crippen LogP contribution >= 0.6 is 11.6 Å². The Morgan fingerprint density at radius 1 is 0.964 bits per heavy atom. The van der Waals surface area contributed by atoms with Crippen molar-refractivity contribution < 1.29 is 28.7 Å². The third kappa shape index (κ3) is 3.41. The summed E-state index contributed by atoms with van der Waals surface area (Å²) in [5.41, 5.74) is 0.383. The first-order chi connectivity index (χ1) is 13.4. The molecular formula is C19H15ClN2O6. The number of Topliss-reactive ketones (excluding diaryl/α,β-unsaturated/α-hetero) is 1. The van der Waals surface area contributed by atoms with E-state index in [-0.39, 0.29) is 16.3 Å². The van der Waals surface area contributed by atoms with Crippen LogP contribution in [0.4, 0.5) is 10.5 Å². The van der Waals surface area contributed by atoms with Crippen LogP contribution in [-0.2, 0) is 9.59 Å². The number of carbonyl (C=O) groups is 4. The van der Waals surface area contributed by atoms with Gasteiger partial charge in [-0.3, -0.25) is 14.4 Å². The largest absolute Gasteiger partial charge is 0.497 e. The highest BCUT2D eigenvalue weighted by molar-refractivity contribution is 6.53. The highest BCUT2D eigenvalue weighted by Crippen LogP contribution is 2.27. The van der Waals surface area contributed by atoms with Gasteiger partial charge in [-0.25, -0.2) is 14.6 Å². The van der Waals surface area contributed by atoms with Gasteiger partial charge in [0.2, 0.25) is 0 Å². The van der Waals surface area contributed by atoms with Crippen LogP contribution in [0.3, 0.4) is 0 Å². The molecule has 1 heterocycles. The molecule has 0 bridgehead atoms. The number of benzene rings is 2. The summed E-state index contributed by atoms with van der Waals surface area (Å²) >= 11 is 6.00. The summed E-state index contributed by atoms with van der Waals surface area (Å²) in [7, 11) is 2.91. The Bertz CT molecular complexity index is 973. The molecule has 144 valence electrons. The van der Waals surface area contributed by atoms with Crippen LogP contribution in [0.15, 0.2) is 42.5 Å². The first-order valence-electron chi connectivity index (χ1n) is 8.08. The topological polar surface area (TPSA) is 93.2 Å². The number of halogens is 1. The molecule has 0 radical (unpaired) electrons. The van der Waals surface area contributed by atoms with E-state index in [4.69, 9.17) is 21.1 Å². The average molecular weight is 403 g/mol. The number of hydrogen-bond donors (Lipinski definition) is 0. The van der Waals surface area contributed by atoms with Crippen molar-refractivity contribution in [1.29, 1.82) is 0 Å². The zero-order valence-corrected chi connectivity index (χ0v) is 15.7. The molecule has 4 amide bonds. The van der Waals surface area contributed by atoms with E-state index in [0.717, 1.165) is 4.90 Å². The van der Waals surface area contributed by atoms with Crippen LogP contribution in [0, 0.1) is 0 Å². The lowest BCUT2D eigenvalue weighted by Gasteiger charge is -2.15. The molecule has 3 rings (SSSR count). The van der Waals surface area contributed by atoms with E-state index in [1.165, 1.54) is 44.6 Å². The molecule has 0 aliphatic carbocycles. The fourth-order valence-corrected chi connectivity index (χ4v) is 2.94. The van der Waals surface area contributed by atoms with E-state index >= 15 is 0 Å². The van der Waals surface area contributed by atoms with Crippen molar-refractivity contribution >= 4 is 40.9 Å². The number of rotatable bonds is 6. The first kappa shape index (κ1) is 19.4. The van der Waals surface area contributed by atoms with E-state index in [1.54, 1.807) is 12.1 Å². The van der Waals surface area contributed by atoms with Crippen LogP contribution < -0.4 is 14.4 Å². The number of ketones is 1. The normalized spacial score (nSPS) is 13.9. The summed E-state index contributed by atoms with van der Waals surface area (Å²) in [5.74, 6) is -1.75. The summed E-state index contributed by atoms with van der Waals surface area (Å²) in [5, 5.41) is 0.211. The highest BCUT2D eigenvalue weighted by atomic mass is 35.5. The zero-order chi connectivity index (χ0) is 20.4. The molecule has 1 aliphatic rings. The van der Waals surface area contributed by atoms with Crippen LogP contribution in [0.5, 0.6) is 11.5 Å². The lowest BCUT2D eigenvalue weighted by Crippen LogP contribution is -2.37. The quantitative estimate of drug-likeness (QED) is 0.419. The van der Waals surface area contributed by atoms with E-state index in [1.807, 2.05) is 0 Å². The molecule has 0 saturated carbocycles. The fourth-order valence-electron chi connectivity index (χ4n) is 2.68. The van der Waals surface area contributed by atoms with E-state index < -0.39 is 30.2 Å². The number of hydrogen-bond acceptors (Lipinski definition) is 6. The number of carbonyl (C=O) groups excluding carboxylic acids is 4. The van der Waals surface area contributed by atoms with E-state index in [2.05, 4.69) is 0 Å². The molecule has 0 atom stereocenters. The molecule has 1 saturated heterocycles. The summed E-state index contributed by atoms with van der Waals surface area (Å²) in [4.78, 5) is 50.9. The van der Waals surface area contributed by atoms with Crippen LogP contribution in [0.1, 0.15) is 10.4 Å². The highest BCUT2D eigenvalue weighted by Gasteiger charge is 2.46. The fraction of sp³-hybridized carbons (Fsp3) is 0.158. The number of imide groups is 2. The second-order valence-corrected chi connectivity index (χ2v) is 6.19. The molecule has 0 unspecified atom stereocenters. The van der Waals surface area contributed by atoms with E-state index in [9.17, 15) is 19.2 Å². The predicted octanol–water partition coefficient (Wildman–Crippen LogP) is 2.54. The van der Waals surface area contributed by atoms with Crippen molar-refractivity contribution in [2.75, 3.05) is 25.7 Å². The van der Waals surface area contributed by atoms with Gasteiger partial charge < -0.3 is 9.47 Å². The maximum absolute atomic E-state index is 12.6. The minimum atomic E-state index is -1.08. The molecule has 2 aromatic rings. The zero-order valence-electron chi connectivity index (χ0n) is 15.0. The van der Waals surface area contributed by atoms with Crippen molar-refractivity contribution in [3.8, 4) is 11.5 Å². The van der Waals surface area contributed by atoms with Gasteiger partial charge in [-0.1, -0.05) is 11.6 Å². The summed E-state index contributed by atoms with van der Waals surface area (Å²) in [6.45, 7) is -0.585. The van der Waals surface area contributed by atoms with Gasteiger partial charge in [0.05, 0.1) is 31.5 Å². The van der Waals surface area contributed by atoms with Gasteiger partial charge in [0.1, 0.15) is 11.5 Å². The SMILES string of the molecule is COc1ccc(N2C(=O)C(=O)N(CC(=O)c3ccc(OC)c(Cl)c3)C2=O)cc1. The number of amides is 4. The molecule has 0 spiro atoms. The maximum Gasteiger partial charge on any atom is 0.339 e. The van der Waals surface area contributed by atoms with Gasteiger partial charge in [0.15, 0.2) is 5.78 Å². The molecule has 0 aromatic heterocycles. The van der Waals surface area contributed by atoms with Crippen molar-refractivity contribution in [2.45, 2.75) is 0 Å². The smallest absolute Gasteiger partial charge is 0.339 e. The van der Waals surface area contributed by atoms with Gasteiger partial charge >= 0.3 is 17.8 Å². The van der Waals surface area contributed by atoms with Gasteiger partial charge in [-0.15, -0.1) is 0 Å². The Balaban J connectivity index is 1.81. The van der Waals surface area contributed by atoms with Crippen LogP contribution in [-0.4, -0.2) is 49.3 Å². The van der Waals surface area contributed by atoms with Crippen LogP contribution in [0.25, 0.3) is 0 Å². The minimum absolute atomic E-state index is 0.182. The second-order valence-electron chi connectivity index (χ2n) is 5.78. The lowest BCUT2D eigenvalue weighted by molar-refractivity contribution is -0.139. The Morgan fingerprint density at radius 2 is 1.64 bits per heavy atom. The summed E-state index contributed by atoms with van der Waals surface area (Å²) < 4.78 is 10.0. The number of urea groups is 1. The molecule has 9 heteroatoms. The second kappa shape index (κ2) is 7.69. The average Bonchev–Trinajstić information content (AvgIpc) is 2.91. The molecule has 28 heavy (non-hydrogen) atoms. The first-order valence-corrected chi connectivity index (χ1v) is 8.46. The van der Waals surface area contributed by atoms with Gasteiger partial charge in [-0.2, -0.15) is 0 Å². The minimum Gasteiger partial charge on any atom is -0.497 e. The molecule has 1 fully saturated rings. The van der Waals surface area contributed by atoms with Gasteiger partial charge in [-0.05, 0) is 42.5 Å². The Morgan fingerprint density at radius 3 is 2.21 bits per heavy atom. The molecule has 0 N–H and O–H groups in total. The third-order valence-corrected chi connectivity index (χ3v) is 4.45. The summed E-state index contributed by atoms with van der Waals surface area (Å²) in [6, 6.07) is 9.47. The Hall–Kier alpha value is -3.39. The predicted molar refractivity (Wildman–Crippen MR) is 99.9 cm³/mol. The number of anilines is 1. The maximum atomic E-state index is 12.6. The van der Waals surface area contributed by atoms with Crippen molar-refractivity contribution in [2.24, 2.45) is 0 Å². The van der Waals surface area contributed by atoms with Gasteiger partial charge in [0.25, 0.3) is 0 Å². The molecule has 2 aromatic carbocycles. The molecule has 1 aliphatic heterocycles. The van der Waals surface area contributed by atoms with Crippen molar-refractivity contribution in [3.05, 3.63) is 53.1 Å². The third-order valence-electron chi connectivity index (χ3n) is 4.16. The molecule has 8 nitrogen and oxygen atoms in total. The van der Waals surface area contributed by atoms with Crippen molar-refractivity contribution in [3.63, 3.8) is 0 Å². The lowest BCUT2D eigenvalue weighted by atomic mass is 10.1.